The first-order chi connectivity index (χ1) is 20.3. The molecule has 7 nitrogen and oxygen atoms in total. The molecule has 216 valence electrons. The molecule has 0 amide bonds. The number of allylic oxidation sites excluding steroid dienone is 1. The fourth-order valence-corrected chi connectivity index (χ4v) is 5.96. The molecule has 0 bridgehead atoms. The highest BCUT2D eigenvalue weighted by molar-refractivity contribution is 9.10. The highest BCUT2D eigenvalue weighted by Gasteiger charge is 2.33. The molecule has 0 saturated heterocycles. The molecule has 2 heterocycles. The van der Waals surface area contributed by atoms with Crippen LogP contribution in [-0.4, -0.2) is 23.8 Å². The highest BCUT2D eigenvalue weighted by atomic mass is 79.9. The van der Waals surface area contributed by atoms with Crippen LogP contribution in [0.5, 0.6) is 11.5 Å². The Bertz CT molecular complexity index is 1830. The summed E-state index contributed by atoms with van der Waals surface area (Å²) in [7, 11) is 0. The molecule has 1 atom stereocenters. The number of halogens is 2. The second kappa shape index (κ2) is 12.9. The minimum atomic E-state index is -0.809. The number of fused-ring (bicyclic) bond motifs is 1. The van der Waals surface area contributed by atoms with Crippen LogP contribution in [0.25, 0.3) is 6.08 Å². The number of rotatable bonds is 9. The molecule has 0 unspecified atom stereocenters. The summed E-state index contributed by atoms with van der Waals surface area (Å²) in [5.41, 5.74) is 2.69. The van der Waals surface area contributed by atoms with E-state index in [1.807, 2.05) is 49.4 Å². The number of carbonyl (C=O) groups is 1. The van der Waals surface area contributed by atoms with Gasteiger partial charge < -0.3 is 14.2 Å². The standard InChI is InChI=1S/C32H28BrFN2O5S/c1-4-39-26-16-21(8-15-25(26)41-18-20-6-11-23(33)12-7-20)17-27-30(37)36-29(22-9-13-24(34)14-10-22)28(31(38)40-5-2)19(3)35-32(36)42-27/h6-17,29H,4-5,18H2,1-3H3/b27-17-/t29-/m0/s1. The van der Waals surface area contributed by atoms with Gasteiger partial charge in [0.25, 0.3) is 5.56 Å². The molecule has 0 fully saturated rings. The Labute approximate surface area is 254 Å². The van der Waals surface area contributed by atoms with E-state index in [1.165, 1.54) is 28.0 Å². The molecule has 42 heavy (non-hydrogen) atoms. The van der Waals surface area contributed by atoms with Gasteiger partial charge in [-0.25, -0.2) is 14.2 Å². The molecular weight excluding hydrogens is 623 g/mol. The van der Waals surface area contributed by atoms with Crippen LogP contribution in [-0.2, 0) is 16.1 Å². The number of benzene rings is 3. The van der Waals surface area contributed by atoms with Gasteiger partial charge in [-0.3, -0.25) is 9.36 Å². The number of carbonyl (C=O) groups excluding carboxylic acids is 1. The maximum Gasteiger partial charge on any atom is 0.338 e. The van der Waals surface area contributed by atoms with Gasteiger partial charge in [0.05, 0.1) is 35.1 Å². The third-order valence-corrected chi connectivity index (χ3v) is 8.09. The van der Waals surface area contributed by atoms with Crippen molar-refractivity contribution in [1.29, 1.82) is 0 Å². The van der Waals surface area contributed by atoms with E-state index in [-0.39, 0.29) is 17.7 Å². The lowest BCUT2D eigenvalue weighted by Crippen LogP contribution is -2.39. The number of thiazole rings is 1. The van der Waals surface area contributed by atoms with E-state index in [1.54, 1.807) is 32.1 Å². The van der Waals surface area contributed by atoms with Crippen LogP contribution in [0.2, 0.25) is 0 Å². The highest BCUT2D eigenvalue weighted by Crippen LogP contribution is 2.32. The van der Waals surface area contributed by atoms with Gasteiger partial charge in [-0.05, 0) is 79.9 Å². The van der Waals surface area contributed by atoms with E-state index in [2.05, 4.69) is 20.9 Å². The van der Waals surface area contributed by atoms with Crippen LogP contribution in [0.1, 0.15) is 43.5 Å². The molecule has 0 N–H and O–H groups in total. The molecule has 0 aliphatic carbocycles. The summed E-state index contributed by atoms with van der Waals surface area (Å²) < 4.78 is 33.9. The van der Waals surface area contributed by atoms with Gasteiger partial charge in [0.2, 0.25) is 0 Å². The lowest BCUT2D eigenvalue weighted by Gasteiger charge is -2.24. The molecule has 3 aromatic carbocycles. The average Bonchev–Trinajstić information content (AvgIpc) is 3.27. The van der Waals surface area contributed by atoms with Crippen LogP contribution in [0.4, 0.5) is 4.39 Å². The Morgan fingerprint density at radius 2 is 1.76 bits per heavy atom. The molecule has 1 aliphatic heterocycles. The fourth-order valence-electron chi connectivity index (χ4n) is 4.65. The van der Waals surface area contributed by atoms with Gasteiger partial charge in [0, 0.05) is 4.47 Å². The Morgan fingerprint density at radius 3 is 2.45 bits per heavy atom. The number of nitrogens with zero attached hydrogens (tertiary/aromatic N) is 2. The van der Waals surface area contributed by atoms with Crippen molar-refractivity contribution in [2.24, 2.45) is 4.99 Å². The largest absolute Gasteiger partial charge is 0.490 e. The summed E-state index contributed by atoms with van der Waals surface area (Å²) in [6, 6.07) is 18.3. The van der Waals surface area contributed by atoms with Gasteiger partial charge in [-0.2, -0.15) is 0 Å². The van der Waals surface area contributed by atoms with Crippen molar-refractivity contribution < 1.29 is 23.4 Å². The molecular formula is C32H28BrFN2O5S. The summed E-state index contributed by atoms with van der Waals surface area (Å²) in [6.45, 7) is 6.29. The Morgan fingerprint density at radius 1 is 1.02 bits per heavy atom. The van der Waals surface area contributed by atoms with E-state index in [4.69, 9.17) is 14.2 Å². The van der Waals surface area contributed by atoms with Crippen molar-refractivity contribution in [3.8, 4) is 11.5 Å². The van der Waals surface area contributed by atoms with E-state index in [0.29, 0.717) is 45.3 Å². The van der Waals surface area contributed by atoms with Gasteiger partial charge in [-0.1, -0.05) is 57.6 Å². The van der Waals surface area contributed by atoms with Crippen LogP contribution >= 0.6 is 27.3 Å². The number of hydrogen-bond acceptors (Lipinski definition) is 7. The number of aromatic nitrogens is 1. The summed E-state index contributed by atoms with van der Waals surface area (Å²) in [5.74, 6) is 0.159. The first kappa shape index (κ1) is 29.5. The zero-order valence-electron chi connectivity index (χ0n) is 23.2. The molecule has 1 aliphatic rings. The van der Waals surface area contributed by atoms with Gasteiger partial charge in [0.1, 0.15) is 12.4 Å². The van der Waals surface area contributed by atoms with Crippen molar-refractivity contribution in [2.45, 2.75) is 33.4 Å². The van der Waals surface area contributed by atoms with E-state index in [0.717, 1.165) is 15.6 Å². The smallest absolute Gasteiger partial charge is 0.338 e. The van der Waals surface area contributed by atoms with E-state index in [9.17, 15) is 14.0 Å². The van der Waals surface area contributed by atoms with Gasteiger partial charge in [-0.15, -0.1) is 0 Å². The quantitative estimate of drug-likeness (QED) is 0.218. The predicted octanol–water partition coefficient (Wildman–Crippen LogP) is 5.68. The van der Waals surface area contributed by atoms with Crippen molar-refractivity contribution in [3.63, 3.8) is 0 Å². The monoisotopic (exact) mass is 650 g/mol. The summed E-state index contributed by atoms with van der Waals surface area (Å²) in [4.78, 5) is 31.9. The fraction of sp³-hybridized carbons (Fsp3) is 0.219. The van der Waals surface area contributed by atoms with E-state index < -0.39 is 17.8 Å². The SMILES string of the molecule is CCOC(=O)C1=C(C)N=c2s/c(=C\c3ccc(OCc4ccc(Br)cc4)c(OCC)c3)c(=O)n2[C@H]1c1ccc(F)cc1. The summed E-state index contributed by atoms with van der Waals surface area (Å²) in [6.07, 6.45) is 1.76. The van der Waals surface area contributed by atoms with Crippen LogP contribution in [0.15, 0.2) is 92.3 Å². The second-order valence-electron chi connectivity index (χ2n) is 9.41. The van der Waals surface area contributed by atoms with Crippen LogP contribution < -0.4 is 24.4 Å². The average molecular weight is 652 g/mol. The maximum absolute atomic E-state index is 13.8. The number of hydrogen-bond donors (Lipinski definition) is 0. The van der Waals surface area contributed by atoms with Gasteiger partial charge in [0.15, 0.2) is 16.3 Å². The molecule has 0 saturated carbocycles. The first-order valence-corrected chi connectivity index (χ1v) is 15.0. The molecule has 10 heteroatoms. The third kappa shape index (κ3) is 6.24. The summed E-state index contributed by atoms with van der Waals surface area (Å²) >= 11 is 4.65. The van der Waals surface area contributed by atoms with Crippen LogP contribution in [0.3, 0.4) is 0 Å². The lowest BCUT2D eigenvalue weighted by atomic mass is 9.96. The normalized spacial score (nSPS) is 14.8. The number of ether oxygens (including phenoxy) is 3. The Hall–Kier alpha value is -4.02. The molecule has 5 rings (SSSR count). The molecule has 4 aromatic rings. The first-order valence-electron chi connectivity index (χ1n) is 13.4. The molecule has 0 radical (unpaired) electrons. The van der Waals surface area contributed by atoms with Crippen molar-refractivity contribution in [3.05, 3.63) is 125 Å². The van der Waals surface area contributed by atoms with Gasteiger partial charge >= 0.3 is 5.97 Å². The minimum absolute atomic E-state index is 0.168. The van der Waals surface area contributed by atoms with E-state index >= 15 is 0 Å². The van der Waals surface area contributed by atoms with Crippen LogP contribution in [0, 0.1) is 5.82 Å². The number of esters is 1. The van der Waals surface area contributed by atoms with Crippen molar-refractivity contribution in [1.82, 2.24) is 4.57 Å². The molecule has 1 aromatic heterocycles. The van der Waals surface area contributed by atoms with Crippen molar-refractivity contribution in [2.75, 3.05) is 13.2 Å². The Balaban J connectivity index is 1.54. The van der Waals surface area contributed by atoms with Crippen molar-refractivity contribution >= 4 is 39.3 Å². The second-order valence-corrected chi connectivity index (χ2v) is 11.3. The summed E-state index contributed by atoms with van der Waals surface area (Å²) in [5, 5.41) is 0. The Kier molecular flexibility index (Phi) is 9.03. The zero-order chi connectivity index (χ0) is 29.8. The zero-order valence-corrected chi connectivity index (χ0v) is 25.6. The lowest BCUT2D eigenvalue weighted by molar-refractivity contribution is -0.139. The topological polar surface area (TPSA) is 79.1 Å². The minimum Gasteiger partial charge on any atom is -0.490 e. The third-order valence-electron chi connectivity index (χ3n) is 6.58. The molecule has 0 spiro atoms. The maximum atomic E-state index is 13.8. The predicted molar refractivity (Wildman–Crippen MR) is 163 cm³/mol.